The molecule has 1 aromatic heterocycles. The van der Waals surface area contributed by atoms with Crippen molar-refractivity contribution in [1.29, 1.82) is 0 Å². The molecule has 1 aromatic carbocycles. The van der Waals surface area contributed by atoms with Crippen molar-refractivity contribution in [3.05, 3.63) is 40.6 Å². The van der Waals surface area contributed by atoms with Crippen molar-refractivity contribution in [1.82, 2.24) is 10.2 Å². The molecule has 0 amide bonds. The second kappa shape index (κ2) is 6.54. The molecule has 0 atom stereocenters. The smallest absolute Gasteiger partial charge is 0.219 e. The fourth-order valence-corrected chi connectivity index (χ4v) is 1.67. The Balaban J connectivity index is 1.83. The minimum absolute atomic E-state index is 0.00217. The largest absolute Gasteiger partial charge is 0.493 e. The van der Waals surface area contributed by atoms with Crippen LogP contribution in [0.25, 0.3) is 0 Å². The highest BCUT2D eigenvalue weighted by Gasteiger charge is 2.06. The summed E-state index contributed by atoms with van der Waals surface area (Å²) in [5.74, 6) is 1.71. The molecule has 0 radical (unpaired) electrons. The van der Waals surface area contributed by atoms with Gasteiger partial charge in [0.25, 0.3) is 0 Å². The standard InChI is InChI=1S/C13H15ClN2O3/c1-9-8-10(2-3-11(9)14)18-7-5-13-16-15-12(19-13)4-6-17/h2-3,8,17H,4-7H2,1H3. The Hall–Kier alpha value is -1.59. The summed E-state index contributed by atoms with van der Waals surface area (Å²) in [5.41, 5.74) is 0.974. The number of benzene rings is 1. The van der Waals surface area contributed by atoms with Crippen LogP contribution in [0.4, 0.5) is 0 Å². The number of aryl methyl sites for hydroxylation is 1. The van der Waals surface area contributed by atoms with Gasteiger partial charge in [0.1, 0.15) is 5.75 Å². The Morgan fingerprint density at radius 1 is 1.26 bits per heavy atom. The van der Waals surface area contributed by atoms with Gasteiger partial charge in [-0.3, -0.25) is 0 Å². The fraction of sp³-hybridized carbons (Fsp3) is 0.385. The van der Waals surface area contributed by atoms with Gasteiger partial charge in [0.2, 0.25) is 11.8 Å². The number of nitrogens with zero attached hydrogens (tertiary/aromatic N) is 2. The first-order chi connectivity index (χ1) is 9.19. The lowest BCUT2D eigenvalue weighted by molar-refractivity contribution is 0.278. The molecular weight excluding hydrogens is 268 g/mol. The molecule has 102 valence electrons. The molecule has 1 heterocycles. The highest BCUT2D eigenvalue weighted by atomic mass is 35.5. The number of ether oxygens (including phenoxy) is 1. The molecule has 0 aliphatic rings. The summed E-state index contributed by atoms with van der Waals surface area (Å²) in [6.45, 7) is 2.37. The lowest BCUT2D eigenvalue weighted by atomic mass is 10.2. The van der Waals surface area contributed by atoms with E-state index < -0.39 is 0 Å². The molecule has 0 spiro atoms. The molecule has 0 aliphatic carbocycles. The highest BCUT2D eigenvalue weighted by Crippen LogP contribution is 2.21. The first-order valence-electron chi connectivity index (χ1n) is 6.00. The van der Waals surface area contributed by atoms with Crippen molar-refractivity contribution in [3.8, 4) is 5.75 Å². The molecule has 1 N–H and O–H groups in total. The van der Waals surface area contributed by atoms with Crippen LogP contribution in [0, 0.1) is 6.92 Å². The number of halogens is 1. The Morgan fingerprint density at radius 2 is 2.00 bits per heavy atom. The third-order valence-corrected chi connectivity index (χ3v) is 2.97. The van der Waals surface area contributed by atoms with Crippen LogP contribution in [0.2, 0.25) is 5.02 Å². The molecule has 5 nitrogen and oxygen atoms in total. The molecule has 0 bridgehead atoms. The Kier molecular flexibility index (Phi) is 4.76. The van der Waals surface area contributed by atoms with Gasteiger partial charge in [-0.1, -0.05) is 11.6 Å². The van der Waals surface area contributed by atoms with Crippen LogP contribution in [0.1, 0.15) is 17.3 Å². The van der Waals surface area contributed by atoms with E-state index in [1.165, 1.54) is 0 Å². The van der Waals surface area contributed by atoms with E-state index in [1.54, 1.807) is 6.07 Å². The maximum atomic E-state index is 8.74. The van der Waals surface area contributed by atoms with Crippen molar-refractivity contribution < 1.29 is 14.3 Å². The molecule has 0 aliphatic heterocycles. The number of hydrogen-bond acceptors (Lipinski definition) is 5. The topological polar surface area (TPSA) is 68.4 Å². The van der Waals surface area contributed by atoms with Crippen LogP contribution in [-0.4, -0.2) is 28.5 Å². The van der Waals surface area contributed by atoms with Crippen LogP contribution in [0.5, 0.6) is 5.75 Å². The van der Waals surface area contributed by atoms with Gasteiger partial charge in [-0.25, -0.2) is 0 Å². The lowest BCUT2D eigenvalue weighted by Crippen LogP contribution is -2.01. The molecule has 2 rings (SSSR count). The summed E-state index contributed by atoms with van der Waals surface area (Å²) in [6.07, 6.45) is 0.907. The zero-order valence-corrected chi connectivity index (χ0v) is 11.4. The van der Waals surface area contributed by atoms with E-state index >= 15 is 0 Å². The van der Waals surface area contributed by atoms with E-state index in [2.05, 4.69) is 10.2 Å². The van der Waals surface area contributed by atoms with Crippen LogP contribution in [0.15, 0.2) is 22.6 Å². The summed E-state index contributed by atoms with van der Waals surface area (Å²) >= 11 is 5.93. The third kappa shape index (κ3) is 3.94. The van der Waals surface area contributed by atoms with Gasteiger partial charge in [-0.15, -0.1) is 10.2 Å². The molecule has 19 heavy (non-hydrogen) atoms. The second-order valence-electron chi connectivity index (χ2n) is 4.07. The predicted molar refractivity (Wildman–Crippen MR) is 70.5 cm³/mol. The molecule has 2 aromatic rings. The molecule has 0 saturated carbocycles. The SMILES string of the molecule is Cc1cc(OCCc2nnc(CCO)o2)ccc1Cl. The molecular formula is C13H15ClN2O3. The molecule has 0 unspecified atom stereocenters. The zero-order chi connectivity index (χ0) is 13.7. The van der Waals surface area contributed by atoms with Gasteiger partial charge in [-0.05, 0) is 30.7 Å². The molecule has 0 saturated heterocycles. The van der Waals surface area contributed by atoms with E-state index in [0.717, 1.165) is 16.3 Å². The van der Waals surface area contributed by atoms with Crippen molar-refractivity contribution >= 4 is 11.6 Å². The van der Waals surface area contributed by atoms with Crippen molar-refractivity contribution in [2.45, 2.75) is 19.8 Å². The first kappa shape index (κ1) is 13.8. The average molecular weight is 283 g/mol. The normalized spacial score (nSPS) is 10.7. The van der Waals surface area contributed by atoms with E-state index in [1.807, 2.05) is 19.1 Å². The van der Waals surface area contributed by atoms with Gasteiger partial charge >= 0.3 is 0 Å². The number of hydrogen-bond donors (Lipinski definition) is 1. The van der Waals surface area contributed by atoms with Crippen LogP contribution >= 0.6 is 11.6 Å². The van der Waals surface area contributed by atoms with Crippen molar-refractivity contribution in [2.75, 3.05) is 13.2 Å². The Labute approximate surface area is 116 Å². The van der Waals surface area contributed by atoms with E-state index in [4.69, 9.17) is 25.9 Å². The Bertz CT molecular complexity index is 542. The summed E-state index contributed by atoms with van der Waals surface area (Å²) in [7, 11) is 0. The molecule has 0 fully saturated rings. The quantitative estimate of drug-likeness (QED) is 0.879. The highest BCUT2D eigenvalue weighted by molar-refractivity contribution is 6.31. The zero-order valence-electron chi connectivity index (χ0n) is 10.6. The second-order valence-corrected chi connectivity index (χ2v) is 4.48. The Morgan fingerprint density at radius 3 is 2.68 bits per heavy atom. The minimum Gasteiger partial charge on any atom is -0.493 e. The molecule has 6 heteroatoms. The van der Waals surface area contributed by atoms with E-state index in [9.17, 15) is 0 Å². The van der Waals surface area contributed by atoms with Gasteiger partial charge in [0.15, 0.2) is 0 Å². The summed E-state index contributed by atoms with van der Waals surface area (Å²) in [4.78, 5) is 0. The number of aromatic nitrogens is 2. The maximum Gasteiger partial charge on any atom is 0.219 e. The van der Waals surface area contributed by atoms with Crippen LogP contribution < -0.4 is 4.74 Å². The first-order valence-corrected chi connectivity index (χ1v) is 6.38. The predicted octanol–water partition coefficient (Wildman–Crippen LogP) is 2.19. The van der Waals surface area contributed by atoms with Crippen LogP contribution in [0.3, 0.4) is 0 Å². The van der Waals surface area contributed by atoms with Gasteiger partial charge in [-0.2, -0.15) is 0 Å². The van der Waals surface area contributed by atoms with E-state index in [0.29, 0.717) is 31.2 Å². The summed E-state index contributed by atoms with van der Waals surface area (Å²) in [5, 5.41) is 17.1. The van der Waals surface area contributed by atoms with Crippen molar-refractivity contribution in [2.24, 2.45) is 0 Å². The maximum absolute atomic E-state index is 8.74. The van der Waals surface area contributed by atoms with Gasteiger partial charge < -0.3 is 14.3 Å². The number of aliphatic hydroxyl groups is 1. The van der Waals surface area contributed by atoms with Gasteiger partial charge in [0, 0.05) is 11.4 Å². The summed E-state index contributed by atoms with van der Waals surface area (Å²) < 4.78 is 10.9. The van der Waals surface area contributed by atoms with Crippen molar-refractivity contribution in [3.63, 3.8) is 0 Å². The number of aliphatic hydroxyl groups excluding tert-OH is 1. The van der Waals surface area contributed by atoms with Crippen LogP contribution in [-0.2, 0) is 12.8 Å². The fourth-order valence-electron chi connectivity index (χ4n) is 1.55. The lowest BCUT2D eigenvalue weighted by Gasteiger charge is -2.06. The number of rotatable bonds is 6. The van der Waals surface area contributed by atoms with Gasteiger partial charge in [0.05, 0.1) is 19.6 Å². The third-order valence-electron chi connectivity index (χ3n) is 2.55. The summed E-state index contributed by atoms with van der Waals surface area (Å²) in [6, 6.07) is 5.51. The van der Waals surface area contributed by atoms with E-state index in [-0.39, 0.29) is 6.61 Å². The minimum atomic E-state index is 0.00217. The average Bonchev–Trinajstić information content (AvgIpc) is 2.82. The monoisotopic (exact) mass is 282 g/mol.